The molecule has 3 N–H and O–H groups in total. The van der Waals surface area contributed by atoms with Gasteiger partial charge in [-0.15, -0.1) is 0 Å². The van der Waals surface area contributed by atoms with Crippen LogP contribution in [0.2, 0.25) is 0 Å². The van der Waals surface area contributed by atoms with E-state index in [0.29, 0.717) is 5.69 Å². The molecule has 0 saturated heterocycles. The first-order chi connectivity index (χ1) is 7.66. The van der Waals surface area contributed by atoms with E-state index in [-0.39, 0.29) is 0 Å². The van der Waals surface area contributed by atoms with Crippen molar-refractivity contribution in [2.24, 2.45) is 0 Å². The molecular formula is C12H14N4. The van der Waals surface area contributed by atoms with E-state index in [9.17, 15) is 0 Å². The van der Waals surface area contributed by atoms with Gasteiger partial charge in [-0.3, -0.25) is 4.98 Å². The summed E-state index contributed by atoms with van der Waals surface area (Å²) < 4.78 is 0. The fourth-order valence-electron chi connectivity index (χ4n) is 1.47. The Morgan fingerprint density at radius 1 is 1.25 bits per heavy atom. The fourth-order valence-corrected chi connectivity index (χ4v) is 1.47. The van der Waals surface area contributed by atoms with Crippen LogP contribution in [0.15, 0.2) is 30.6 Å². The topological polar surface area (TPSA) is 63.8 Å². The van der Waals surface area contributed by atoms with Gasteiger partial charge >= 0.3 is 0 Å². The van der Waals surface area contributed by atoms with Crippen molar-refractivity contribution in [3.63, 3.8) is 0 Å². The van der Waals surface area contributed by atoms with Gasteiger partial charge in [0, 0.05) is 6.20 Å². The second-order valence-corrected chi connectivity index (χ2v) is 3.70. The Kier molecular flexibility index (Phi) is 2.72. The predicted octanol–water partition coefficient (Wildman–Crippen LogP) is 2.42. The van der Waals surface area contributed by atoms with Crippen LogP contribution in [-0.2, 0) is 0 Å². The van der Waals surface area contributed by atoms with E-state index >= 15 is 0 Å². The smallest absolute Gasteiger partial charge is 0.133 e. The van der Waals surface area contributed by atoms with Gasteiger partial charge in [-0.1, -0.05) is 0 Å². The lowest BCUT2D eigenvalue weighted by Crippen LogP contribution is -2.00. The highest BCUT2D eigenvalue weighted by molar-refractivity contribution is 5.62. The summed E-state index contributed by atoms with van der Waals surface area (Å²) in [4.78, 5) is 8.46. The molecule has 0 atom stereocenters. The van der Waals surface area contributed by atoms with Crippen LogP contribution in [-0.4, -0.2) is 9.97 Å². The number of pyridine rings is 2. The summed E-state index contributed by atoms with van der Waals surface area (Å²) in [6.45, 7) is 3.92. The monoisotopic (exact) mass is 214 g/mol. The molecule has 2 rings (SSSR count). The van der Waals surface area contributed by atoms with Gasteiger partial charge in [-0.25, -0.2) is 4.98 Å². The number of nitrogens with zero attached hydrogens (tertiary/aromatic N) is 2. The Bertz CT molecular complexity index is 508. The molecule has 0 aliphatic rings. The first-order valence-corrected chi connectivity index (χ1v) is 5.07. The minimum Gasteiger partial charge on any atom is -0.397 e. The Morgan fingerprint density at radius 3 is 2.75 bits per heavy atom. The van der Waals surface area contributed by atoms with Crippen molar-refractivity contribution in [2.45, 2.75) is 13.8 Å². The van der Waals surface area contributed by atoms with E-state index in [4.69, 9.17) is 5.73 Å². The molecule has 4 nitrogen and oxygen atoms in total. The van der Waals surface area contributed by atoms with E-state index < -0.39 is 0 Å². The van der Waals surface area contributed by atoms with Crippen LogP contribution in [0.5, 0.6) is 0 Å². The molecule has 0 spiro atoms. The summed E-state index contributed by atoms with van der Waals surface area (Å²) in [5, 5.41) is 3.24. The predicted molar refractivity (Wildman–Crippen MR) is 65.6 cm³/mol. The third-order valence-corrected chi connectivity index (χ3v) is 2.36. The molecule has 0 aromatic carbocycles. The zero-order chi connectivity index (χ0) is 11.5. The average Bonchev–Trinajstić information content (AvgIpc) is 2.25. The molecule has 82 valence electrons. The summed E-state index contributed by atoms with van der Waals surface area (Å²) in [6.07, 6.45) is 3.41. The number of anilines is 3. The molecular weight excluding hydrogens is 200 g/mol. The molecule has 0 unspecified atom stereocenters. The molecule has 2 heterocycles. The maximum absolute atomic E-state index is 5.65. The lowest BCUT2D eigenvalue weighted by Gasteiger charge is -2.10. The van der Waals surface area contributed by atoms with Crippen molar-refractivity contribution in [1.29, 1.82) is 0 Å². The van der Waals surface area contributed by atoms with Gasteiger partial charge in [0.25, 0.3) is 0 Å². The largest absolute Gasteiger partial charge is 0.397 e. The van der Waals surface area contributed by atoms with Crippen molar-refractivity contribution < 1.29 is 0 Å². The molecule has 2 aromatic heterocycles. The lowest BCUT2D eigenvalue weighted by molar-refractivity contribution is 1.18. The van der Waals surface area contributed by atoms with Crippen LogP contribution in [0, 0.1) is 13.8 Å². The molecule has 16 heavy (non-hydrogen) atoms. The number of hydrogen-bond donors (Lipinski definition) is 2. The van der Waals surface area contributed by atoms with Crippen molar-refractivity contribution in [2.75, 3.05) is 11.1 Å². The van der Waals surface area contributed by atoms with Gasteiger partial charge in [0.1, 0.15) is 5.82 Å². The van der Waals surface area contributed by atoms with Gasteiger partial charge in [0.15, 0.2) is 0 Å². The first-order valence-electron chi connectivity index (χ1n) is 5.07. The maximum Gasteiger partial charge on any atom is 0.133 e. The minimum atomic E-state index is 0.672. The van der Waals surface area contributed by atoms with Gasteiger partial charge in [-0.2, -0.15) is 0 Å². The SMILES string of the molecule is Cc1cc(N)cnc1Nc1cccnc1C. The van der Waals surface area contributed by atoms with Gasteiger partial charge in [0.2, 0.25) is 0 Å². The summed E-state index contributed by atoms with van der Waals surface area (Å²) in [6, 6.07) is 5.75. The van der Waals surface area contributed by atoms with E-state index in [0.717, 1.165) is 22.8 Å². The third-order valence-electron chi connectivity index (χ3n) is 2.36. The number of aromatic nitrogens is 2. The summed E-state index contributed by atoms with van der Waals surface area (Å²) in [5.74, 6) is 0.810. The molecule has 0 aliphatic carbocycles. The van der Waals surface area contributed by atoms with E-state index in [1.807, 2.05) is 32.0 Å². The Hall–Kier alpha value is -2.10. The van der Waals surface area contributed by atoms with Crippen LogP contribution < -0.4 is 11.1 Å². The molecule has 0 radical (unpaired) electrons. The second-order valence-electron chi connectivity index (χ2n) is 3.70. The van der Waals surface area contributed by atoms with Crippen LogP contribution in [0.1, 0.15) is 11.3 Å². The van der Waals surface area contributed by atoms with E-state index in [1.54, 1.807) is 12.4 Å². The Morgan fingerprint density at radius 2 is 2.06 bits per heavy atom. The number of aryl methyl sites for hydroxylation is 2. The number of nitrogen functional groups attached to an aromatic ring is 1. The summed E-state index contributed by atoms with van der Waals surface area (Å²) >= 11 is 0. The number of nitrogens with two attached hydrogens (primary N) is 1. The first kappa shape index (κ1) is 10.4. The molecule has 2 aromatic rings. The van der Waals surface area contributed by atoms with Crippen LogP contribution in [0.3, 0.4) is 0 Å². The van der Waals surface area contributed by atoms with Gasteiger partial charge < -0.3 is 11.1 Å². The molecule has 0 aliphatic heterocycles. The molecule has 0 saturated carbocycles. The molecule has 0 bridgehead atoms. The molecule has 4 heteroatoms. The highest BCUT2D eigenvalue weighted by Gasteiger charge is 2.03. The highest BCUT2D eigenvalue weighted by Crippen LogP contribution is 2.20. The number of rotatable bonds is 2. The number of hydrogen-bond acceptors (Lipinski definition) is 4. The van der Waals surface area contributed by atoms with Crippen LogP contribution in [0.4, 0.5) is 17.2 Å². The maximum atomic E-state index is 5.65. The highest BCUT2D eigenvalue weighted by atomic mass is 15.0. The van der Waals surface area contributed by atoms with Crippen LogP contribution in [0.25, 0.3) is 0 Å². The average molecular weight is 214 g/mol. The van der Waals surface area contributed by atoms with E-state index in [2.05, 4.69) is 15.3 Å². The Balaban J connectivity index is 2.31. The quantitative estimate of drug-likeness (QED) is 0.805. The standard InChI is InChI=1S/C12H14N4/c1-8-6-10(13)7-15-12(8)16-11-4-3-5-14-9(11)2/h3-7H,13H2,1-2H3,(H,15,16). The number of nitrogens with one attached hydrogen (secondary N) is 1. The normalized spacial score (nSPS) is 10.1. The van der Waals surface area contributed by atoms with Crippen molar-refractivity contribution in [1.82, 2.24) is 9.97 Å². The second kappa shape index (κ2) is 4.18. The van der Waals surface area contributed by atoms with Crippen molar-refractivity contribution in [3.05, 3.63) is 41.9 Å². The molecule has 0 amide bonds. The molecule has 0 fully saturated rings. The van der Waals surface area contributed by atoms with E-state index in [1.165, 1.54) is 0 Å². The van der Waals surface area contributed by atoms with Crippen LogP contribution >= 0.6 is 0 Å². The Labute approximate surface area is 94.5 Å². The summed E-state index contributed by atoms with van der Waals surface area (Å²) in [7, 11) is 0. The zero-order valence-corrected chi connectivity index (χ0v) is 9.36. The lowest BCUT2D eigenvalue weighted by atomic mass is 10.2. The fraction of sp³-hybridized carbons (Fsp3) is 0.167. The van der Waals surface area contributed by atoms with Gasteiger partial charge in [0.05, 0.1) is 23.3 Å². The third kappa shape index (κ3) is 2.11. The summed E-state index contributed by atoms with van der Waals surface area (Å²) in [5.41, 5.74) is 9.24. The van der Waals surface area contributed by atoms with Crippen molar-refractivity contribution >= 4 is 17.2 Å². The minimum absolute atomic E-state index is 0.672. The van der Waals surface area contributed by atoms with Gasteiger partial charge in [-0.05, 0) is 37.6 Å². The van der Waals surface area contributed by atoms with Crippen molar-refractivity contribution in [3.8, 4) is 0 Å². The zero-order valence-electron chi connectivity index (χ0n) is 9.36.